The Hall–Kier alpha value is -1.01. The maximum absolute atomic E-state index is 8.79. The molecule has 0 heterocycles. The second kappa shape index (κ2) is 4.47. The number of rotatable bonds is 3. The molecule has 0 bridgehead atoms. The van der Waals surface area contributed by atoms with E-state index in [9.17, 15) is 0 Å². The molecule has 0 N–H and O–H groups in total. The van der Waals surface area contributed by atoms with Crippen molar-refractivity contribution in [3.63, 3.8) is 0 Å². The molecular weight excluding hydrogens is 242 g/mol. The largest absolute Gasteiger partial charge is 0.492 e. The van der Waals surface area contributed by atoms with Crippen molar-refractivity contribution in [1.82, 2.24) is 0 Å². The molecule has 3 heteroatoms. The van der Waals surface area contributed by atoms with E-state index >= 15 is 0 Å². The zero-order chi connectivity index (χ0) is 10.6. The average molecular weight is 254 g/mol. The molecule has 0 unspecified atom stereocenters. The molecular formula is C11H12BrNO. The monoisotopic (exact) mass is 253 g/mol. The van der Waals surface area contributed by atoms with Crippen LogP contribution in [0.2, 0.25) is 0 Å². The first-order valence-electron chi connectivity index (χ1n) is 4.33. The van der Waals surface area contributed by atoms with Crippen LogP contribution in [0.5, 0.6) is 5.75 Å². The van der Waals surface area contributed by atoms with Crippen molar-refractivity contribution in [1.29, 1.82) is 5.26 Å². The van der Waals surface area contributed by atoms with Gasteiger partial charge in [0.25, 0.3) is 0 Å². The molecule has 0 saturated carbocycles. The van der Waals surface area contributed by atoms with Gasteiger partial charge in [-0.05, 0) is 32.0 Å². The van der Waals surface area contributed by atoms with E-state index in [4.69, 9.17) is 10.00 Å². The van der Waals surface area contributed by atoms with Crippen LogP contribution in [-0.4, -0.2) is 6.61 Å². The van der Waals surface area contributed by atoms with E-state index in [-0.39, 0.29) is 0 Å². The zero-order valence-corrected chi connectivity index (χ0v) is 9.84. The highest BCUT2D eigenvalue weighted by Crippen LogP contribution is 2.20. The Morgan fingerprint density at radius 3 is 2.79 bits per heavy atom. The number of halogens is 1. The lowest BCUT2D eigenvalue weighted by Gasteiger charge is -2.16. The molecule has 74 valence electrons. The Morgan fingerprint density at radius 1 is 1.50 bits per heavy atom. The molecule has 0 aliphatic carbocycles. The predicted molar refractivity (Wildman–Crippen MR) is 59.0 cm³/mol. The molecule has 0 aliphatic rings. The molecule has 1 aromatic rings. The Morgan fingerprint density at radius 2 is 2.21 bits per heavy atom. The fourth-order valence-corrected chi connectivity index (χ4v) is 1.23. The van der Waals surface area contributed by atoms with Crippen LogP contribution in [0, 0.1) is 16.7 Å². The zero-order valence-electron chi connectivity index (χ0n) is 8.25. The van der Waals surface area contributed by atoms with Crippen LogP contribution in [0.3, 0.4) is 0 Å². The number of hydrogen-bond acceptors (Lipinski definition) is 2. The lowest BCUT2D eigenvalue weighted by molar-refractivity contribution is 0.227. The van der Waals surface area contributed by atoms with Gasteiger partial charge >= 0.3 is 0 Å². The Kier molecular flexibility index (Phi) is 3.54. The highest BCUT2D eigenvalue weighted by atomic mass is 79.9. The minimum Gasteiger partial charge on any atom is -0.492 e. The van der Waals surface area contributed by atoms with E-state index in [1.165, 1.54) is 0 Å². The van der Waals surface area contributed by atoms with Crippen molar-refractivity contribution in [2.75, 3.05) is 6.61 Å². The molecule has 0 fully saturated rings. The minimum atomic E-state index is -0.442. The van der Waals surface area contributed by atoms with Crippen LogP contribution in [0.1, 0.15) is 13.8 Å². The number of ether oxygens (including phenoxy) is 1. The highest BCUT2D eigenvalue weighted by molar-refractivity contribution is 9.10. The summed E-state index contributed by atoms with van der Waals surface area (Å²) in [5, 5.41) is 8.79. The van der Waals surface area contributed by atoms with E-state index in [0.717, 1.165) is 10.2 Å². The standard InChI is InChI=1S/C11H12BrNO/c1-11(2,7-13)8-14-10-5-3-4-9(12)6-10/h3-6H,8H2,1-2H3. The third-order valence-electron chi connectivity index (χ3n) is 1.70. The quantitative estimate of drug-likeness (QED) is 0.828. The van der Waals surface area contributed by atoms with Crippen molar-refractivity contribution in [3.05, 3.63) is 28.7 Å². The Balaban J connectivity index is 2.59. The molecule has 0 spiro atoms. The van der Waals surface area contributed by atoms with Gasteiger partial charge in [-0.15, -0.1) is 0 Å². The molecule has 2 nitrogen and oxygen atoms in total. The molecule has 0 amide bonds. The van der Waals surface area contributed by atoms with E-state index in [2.05, 4.69) is 22.0 Å². The van der Waals surface area contributed by atoms with E-state index in [1.807, 2.05) is 38.1 Å². The lowest BCUT2D eigenvalue weighted by atomic mass is 9.98. The first kappa shape index (κ1) is 11.1. The summed E-state index contributed by atoms with van der Waals surface area (Å²) in [6, 6.07) is 9.78. The molecule has 0 saturated heterocycles. The fourth-order valence-electron chi connectivity index (χ4n) is 0.853. The number of benzene rings is 1. The van der Waals surface area contributed by atoms with Crippen molar-refractivity contribution in [2.45, 2.75) is 13.8 Å². The maximum Gasteiger partial charge on any atom is 0.120 e. The van der Waals surface area contributed by atoms with Gasteiger partial charge in [0, 0.05) is 4.47 Å². The smallest absolute Gasteiger partial charge is 0.120 e. The lowest BCUT2D eigenvalue weighted by Crippen LogP contribution is -2.18. The summed E-state index contributed by atoms with van der Waals surface area (Å²) in [5.74, 6) is 0.780. The van der Waals surface area contributed by atoms with Gasteiger partial charge in [0.2, 0.25) is 0 Å². The van der Waals surface area contributed by atoms with E-state index in [1.54, 1.807) is 0 Å². The first-order valence-corrected chi connectivity index (χ1v) is 5.12. The highest BCUT2D eigenvalue weighted by Gasteiger charge is 2.17. The number of hydrogen-bond donors (Lipinski definition) is 0. The van der Waals surface area contributed by atoms with Gasteiger partial charge in [0.1, 0.15) is 12.4 Å². The first-order chi connectivity index (χ1) is 6.53. The van der Waals surface area contributed by atoms with Gasteiger partial charge in [-0.3, -0.25) is 0 Å². The van der Waals surface area contributed by atoms with Crippen LogP contribution in [-0.2, 0) is 0 Å². The third-order valence-corrected chi connectivity index (χ3v) is 2.19. The van der Waals surface area contributed by atoms with Crippen LogP contribution in [0.25, 0.3) is 0 Å². The summed E-state index contributed by atoms with van der Waals surface area (Å²) in [6.07, 6.45) is 0. The van der Waals surface area contributed by atoms with Crippen molar-refractivity contribution in [2.24, 2.45) is 5.41 Å². The van der Waals surface area contributed by atoms with Gasteiger partial charge in [-0.25, -0.2) is 0 Å². The summed E-state index contributed by atoms with van der Waals surface area (Å²) in [4.78, 5) is 0. The summed E-state index contributed by atoms with van der Waals surface area (Å²) in [5.41, 5.74) is -0.442. The fraction of sp³-hybridized carbons (Fsp3) is 0.364. The minimum absolute atomic E-state index is 0.403. The van der Waals surface area contributed by atoms with Crippen molar-refractivity contribution < 1.29 is 4.74 Å². The van der Waals surface area contributed by atoms with Gasteiger partial charge < -0.3 is 4.74 Å². The second-order valence-electron chi connectivity index (χ2n) is 3.74. The second-order valence-corrected chi connectivity index (χ2v) is 4.66. The van der Waals surface area contributed by atoms with Crippen LogP contribution in [0.15, 0.2) is 28.7 Å². The van der Waals surface area contributed by atoms with E-state index < -0.39 is 5.41 Å². The molecule has 1 rings (SSSR count). The molecule has 0 atom stereocenters. The summed E-state index contributed by atoms with van der Waals surface area (Å²) >= 11 is 3.35. The van der Waals surface area contributed by atoms with Crippen LogP contribution >= 0.6 is 15.9 Å². The molecule has 0 aromatic heterocycles. The number of nitrogens with zero attached hydrogens (tertiary/aromatic N) is 1. The van der Waals surface area contributed by atoms with Gasteiger partial charge in [0.15, 0.2) is 0 Å². The third kappa shape index (κ3) is 3.39. The van der Waals surface area contributed by atoms with Gasteiger partial charge in [0.05, 0.1) is 11.5 Å². The molecule has 0 aliphatic heterocycles. The molecule has 14 heavy (non-hydrogen) atoms. The average Bonchev–Trinajstić information content (AvgIpc) is 2.15. The molecule has 0 radical (unpaired) electrons. The van der Waals surface area contributed by atoms with E-state index in [0.29, 0.717) is 6.61 Å². The van der Waals surface area contributed by atoms with Crippen molar-refractivity contribution in [3.8, 4) is 11.8 Å². The maximum atomic E-state index is 8.79. The molecule has 1 aromatic carbocycles. The Bertz CT molecular complexity index is 355. The summed E-state index contributed by atoms with van der Waals surface area (Å²) in [7, 11) is 0. The van der Waals surface area contributed by atoms with Crippen LogP contribution in [0.4, 0.5) is 0 Å². The topological polar surface area (TPSA) is 33.0 Å². The number of nitriles is 1. The predicted octanol–water partition coefficient (Wildman–Crippen LogP) is 3.38. The van der Waals surface area contributed by atoms with Gasteiger partial charge in [-0.1, -0.05) is 22.0 Å². The van der Waals surface area contributed by atoms with Crippen LogP contribution < -0.4 is 4.74 Å². The summed E-state index contributed by atoms with van der Waals surface area (Å²) in [6.45, 7) is 4.11. The van der Waals surface area contributed by atoms with Crippen molar-refractivity contribution >= 4 is 15.9 Å². The normalized spacial score (nSPS) is 10.7. The summed E-state index contributed by atoms with van der Waals surface area (Å²) < 4.78 is 6.47. The Labute approximate surface area is 92.6 Å². The SMILES string of the molecule is CC(C)(C#N)COc1cccc(Br)c1. The van der Waals surface area contributed by atoms with Gasteiger partial charge in [-0.2, -0.15) is 5.26 Å².